The van der Waals surface area contributed by atoms with Gasteiger partial charge in [0.05, 0.1) is 11.1 Å². The van der Waals surface area contributed by atoms with Gasteiger partial charge in [-0.3, -0.25) is 0 Å². The van der Waals surface area contributed by atoms with Crippen molar-refractivity contribution in [1.82, 2.24) is 10.3 Å². The van der Waals surface area contributed by atoms with Gasteiger partial charge < -0.3 is 20.3 Å². The first-order valence-electron chi connectivity index (χ1n) is 6.23. The highest BCUT2D eigenvalue weighted by Gasteiger charge is 2.17. The maximum atomic E-state index is 10.4. The van der Waals surface area contributed by atoms with Crippen LogP contribution in [0.15, 0.2) is 0 Å². The minimum absolute atomic E-state index is 0.207. The summed E-state index contributed by atoms with van der Waals surface area (Å²) in [6, 6.07) is 4.11. The lowest BCUT2D eigenvalue weighted by Crippen LogP contribution is -2.33. The summed E-state index contributed by atoms with van der Waals surface area (Å²) in [5.41, 5.74) is 1.28. The maximum Gasteiger partial charge on any atom is 0.404 e. The second-order valence-corrected chi connectivity index (χ2v) is 4.67. The average Bonchev–Trinajstić information content (AvgIpc) is 2.45. The molecule has 1 aromatic rings. The Balaban J connectivity index is 3.22. The fraction of sp³-hybridized carbons (Fsp3) is 0.385. The highest BCUT2D eigenvalue weighted by Crippen LogP contribution is 2.24. The normalized spacial score (nSPS) is 9.52. The number of nitrogens with zero attached hydrogens (tertiary/aromatic N) is 3. The summed E-state index contributed by atoms with van der Waals surface area (Å²) in [7, 11) is 1.72. The van der Waals surface area contributed by atoms with Gasteiger partial charge >= 0.3 is 6.09 Å². The van der Waals surface area contributed by atoms with Gasteiger partial charge in [-0.25, -0.2) is 4.79 Å². The van der Waals surface area contributed by atoms with Crippen molar-refractivity contribution in [3.63, 3.8) is 0 Å². The molecule has 0 atom stereocenters. The molecule has 1 heterocycles. The number of nitriles is 2. The third kappa shape index (κ3) is 3.71. The second kappa shape index (κ2) is 7.27. The molecule has 1 rings (SSSR count). The molecule has 0 spiro atoms. The molecule has 0 unspecified atom stereocenters. The van der Waals surface area contributed by atoms with Crippen LogP contribution in [0.5, 0.6) is 0 Å². The van der Waals surface area contributed by atoms with Crippen LogP contribution in [0, 0.1) is 27.3 Å². The molecule has 3 N–H and O–H groups in total. The van der Waals surface area contributed by atoms with Gasteiger partial charge in [0.2, 0.25) is 0 Å². The molecule has 1 amide bonds. The first-order valence-corrected chi connectivity index (χ1v) is 6.64. The van der Waals surface area contributed by atoms with Crippen LogP contribution in [0.25, 0.3) is 0 Å². The van der Waals surface area contributed by atoms with Gasteiger partial charge in [0.1, 0.15) is 22.6 Å². The number of carboxylic acid groups (broad SMARTS) is 1. The zero-order valence-electron chi connectivity index (χ0n) is 11.7. The summed E-state index contributed by atoms with van der Waals surface area (Å²) in [4.78, 5) is 15.0. The van der Waals surface area contributed by atoms with E-state index in [1.165, 1.54) is 0 Å². The van der Waals surface area contributed by atoms with Crippen LogP contribution in [-0.2, 0) is 6.42 Å². The molecule has 110 valence electrons. The van der Waals surface area contributed by atoms with E-state index >= 15 is 0 Å². The Labute approximate surface area is 127 Å². The predicted molar refractivity (Wildman–Crippen MR) is 79.7 cm³/mol. The molecule has 1 aromatic heterocycles. The molecule has 0 bridgehead atoms. The number of hydrogen-bond donors (Lipinski definition) is 3. The number of carbonyl (C=O) groups is 1. The van der Waals surface area contributed by atoms with Gasteiger partial charge in [0.15, 0.2) is 0 Å². The van der Waals surface area contributed by atoms with Crippen LogP contribution < -0.4 is 10.2 Å². The molecule has 0 aliphatic rings. The van der Waals surface area contributed by atoms with Crippen molar-refractivity contribution in [2.75, 3.05) is 25.0 Å². The number of H-pyrrole nitrogens is 1. The lowest BCUT2D eigenvalue weighted by molar-refractivity contribution is 0.195. The van der Waals surface area contributed by atoms with Crippen molar-refractivity contribution in [1.29, 1.82) is 10.5 Å². The number of anilines is 1. The molecule has 0 fully saturated rings. The fourth-order valence-electron chi connectivity index (χ4n) is 1.96. The topological polar surface area (TPSA) is 116 Å². The Morgan fingerprint density at radius 1 is 1.43 bits per heavy atom. The van der Waals surface area contributed by atoms with E-state index in [-0.39, 0.29) is 11.2 Å². The van der Waals surface area contributed by atoms with Gasteiger partial charge in [0, 0.05) is 20.1 Å². The number of amides is 1. The van der Waals surface area contributed by atoms with Gasteiger partial charge in [-0.2, -0.15) is 10.5 Å². The number of aromatic amines is 1. The molecule has 0 saturated carbocycles. The van der Waals surface area contributed by atoms with Crippen LogP contribution in [0.4, 0.5) is 10.6 Å². The van der Waals surface area contributed by atoms with Crippen molar-refractivity contribution >= 4 is 24.1 Å². The van der Waals surface area contributed by atoms with E-state index in [0.29, 0.717) is 35.5 Å². The molecule has 0 saturated heterocycles. The Bertz CT molecular complexity index is 684. The van der Waals surface area contributed by atoms with Gasteiger partial charge in [-0.15, -0.1) is 0 Å². The van der Waals surface area contributed by atoms with E-state index in [2.05, 4.69) is 16.4 Å². The third-order valence-electron chi connectivity index (χ3n) is 2.98. The largest absolute Gasteiger partial charge is 0.465 e. The van der Waals surface area contributed by atoms with E-state index < -0.39 is 6.09 Å². The third-order valence-corrected chi connectivity index (χ3v) is 3.29. The Morgan fingerprint density at radius 3 is 2.52 bits per heavy atom. The second-order valence-electron chi connectivity index (χ2n) is 4.26. The van der Waals surface area contributed by atoms with Crippen molar-refractivity contribution in [2.45, 2.75) is 13.3 Å². The van der Waals surface area contributed by atoms with Crippen LogP contribution in [0.2, 0.25) is 0 Å². The summed E-state index contributed by atoms with van der Waals surface area (Å²) in [5.74, 6) is 0.491. The Kier molecular flexibility index (Phi) is 5.70. The monoisotopic (exact) mass is 305 g/mol. The number of hydrogen-bond acceptors (Lipinski definition) is 5. The minimum Gasteiger partial charge on any atom is -0.465 e. The van der Waals surface area contributed by atoms with Crippen LogP contribution in [0.3, 0.4) is 0 Å². The molecule has 7 nitrogen and oxygen atoms in total. The molecular formula is C13H15N5O2S. The number of likely N-dealkylation sites (N-methyl/N-ethyl adjacent to an activating group) is 1. The summed E-state index contributed by atoms with van der Waals surface area (Å²) >= 11 is 5.15. The van der Waals surface area contributed by atoms with Crippen LogP contribution in [0.1, 0.15) is 23.6 Å². The molecule has 0 aromatic carbocycles. The first kappa shape index (κ1) is 16.5. The zero-order chi connectivity index (χ0) is 16.0. The lowest BCUT2D eigenvalue weighted by Gasteiger charge is -2.21. The summed E-state index contributed by atoms with van der Waals surface area (Å²) < 4.78 is 0.279. The Hall–Kier alpha value is -2.58. The highest BCUT2D eigenvalue weighted by molar-refractivity contribution is 7.71. The molecule has 21 heavy (non-hydrogen) atoms. The molecule has 0 radical (unpaired) electrons. The van der Waals surface area contributed by atoms with Crippen molar-refractivity contribution in [2.24, 2.45) is 0 Å². The van der Waals surface area contributed by atoms with Gasteiger partial charge in [0.25, 0.3) is 0 Å². The fourth-order valence-corrected chi connectivity index (χ4v) is 2.22. The van der Waals surface area contributed by atoms with Crippen molar-refractivity contribution in [3.8, 4) is 12.1 Å². The van der Waals surface area contributed by atoms with E-state index in [0.717, 1.165) is 0 Å². The molecule has 8 heteroatoms. The van der Waals surface area contributed by atoms with E-state index in [1.807, 2.05) is 13.0 Å². The summed E-state index contributed by atoms with van der Waals surface area (Å²) in [5, 5.41) is 29.3. The highest BCUT2D eigenvalue weighted by atomic mass is 32.1. The zero-order valence-corrected chi connectivity index (χ0v) is 12.5. The SMILES string of the molecule is CCc1c(C#N)c(N(C)CCNC(=O)O)[nH]c(=S)c1C#N. The van der Waals surface area contributed by atoms with E-state index in [4.69, 9.17) is 22.6 Å². The molecular weight excluding hydrogens is 290 g/mol. The standard InChI is InChI=1S/C13H15N5O2S/c1-3-8-9(6-14)11(17-12(21)10(8)7-15)18(2)5-4-16-13(19)20/h16H,3-5H2,1-2H3,(H,17,21)(H,19,20). The molecule has 0 aliphatic carbocycles. The van der Waals surface area contributed by atoms with E-state index in [1.54, 1.807) is 11.9 Å². The predicted octanol–water partition coefficient (Wildman–Crippen LogP) is 1.75. The number of pyridine rings is 1. The average molecular weight is 305 g/mol. The molecule has 0 aliphatic heterocycles. The van der Waals surface area contributed by atoms with Crippen molar-refractivity contribution in [3.05, 3.63) is 21.3 Å². The lowest BCUT2D eigenvalue weighted by atomic mass is 10.0. The maximum absolute atomic E-state index is 10.4. The van der Waals surface area contributed by atoms with Crippen molar-refractivity contribution < 1.29 is 9.90 Å². The number of aromatic nitrogens is 1. The number of rotatable bonds is 5. The van der Waals surface area contributed by atoms with E-state index in [9.17, 15) is 10.1 Å². The summed E-state index contributed by atoms with van der Waals surface area (Å²) in [6.07, 6.45) is -0.593. The summed E-state index contributed by atoms with van der Waals surface area (Å²) in [6.45, 7) is 2.42. The first-order chi connectivity index (χ1) is 9.96. The minimum atomic E-state index is -1.11. The number of nitrogens with one attached hydrogen (secondary N) is 2. The quantitative estimate of drug-likeness (QED) is 0.714. The van der Waals surface area contributed by atoms with Gasteiger partial charge in [-0.05, 0) is 12.0 Å². The van der Waals surface area contributed by atoms with Crippen LogP contribution >= 0.6 is 12.2 Å². The smallest absolute Gasteiger partial charge is 0.404 e. The van der Waals surface area contributed by atoms with Crippen LogP contribution in [-0.4, -0.2) is 36.3 Å². The Morgan fingerprint density at radius 2 is 2.05 bits per heavy atom. The van der Waals surface area contributed by atoms with Gasteiger partial charge in [-0.1, -0.05) is 19.1 Å².